The van der Waals surface area contributed by atoms with Gasteiger partial charge in [0.25, 0.3) is 0 Å². The molecule has 1 atom stereocenters. The normalized spacial score (nSPS) is 12.1. The Morgan fingerprint density at radius 1 is 0.905 bits per heavy atom. The minimum Gasteiger partial charge on any atom is -0.480 e. The Balaban J connectivity index is 3.59. The Bertz CT molecular complexity index is 292. The van der Waals surface area contributed by atoms with Crippen molar-refractivity contribution < 1.29 is 14.7 Å². The number of carboxylic acid groups (broad SMARTS) is 1. The van der Waals surface area contributed by atoms with Crippen molar-refractivity contribution in [1.82, 2.24) is 4.90 Å². The Morgan fingerprint density at radius 3 is 1.71 bits per heavy atom. The molecule has 4 heteroatoms. The van der Waals surface area contributed by atoms with Crippen molar-refractivity contribution in [2.75, 3.05) is 7.05 Å². The average Bonchev–Trinajstić information content (AvgIpc) is 2.43. The van der Waals surface area contributed by atoms with Gasteiger partial charge in [-0.3, -0.25) is 4.79 Å². The van der Waals surface area contributed by atoms with Crippen LogP contribution in [-0.2, 0) is 9.59 Å². The lowest BCUT2D eigenvalue weighted by atomic mass is 10.0. The van der Waals surface area contributed by atoms with Crippen molar-refractivity contribution in [3.05, 3.63) is 0 Å². The highest BCUT2D eigenvalue weighted by Gasteiger charge is 2.23. The van der Waals surface area contributed by atoms with E-state index in [0.29, 0.717) is 6.42 Å². The molecule has 0 saturated carbocycles. The molecular weight excluding hydrogens is 266 g/mol. The second-order valence-corrected chi connectivity index (χ2v) is 5.95. The number of unbranched alkanes of at least 4 members (excludes halogenated alkanes) is 9. The van der Waals surface area contributed by atoms with E-state index in [0.717, 1.165) is 12.8 Å². The SMILES string of the molecule is CCCCCCCCCCCCC(C(=O)O)N(C)C(C)=O. The largest absolute Gasteiger partial charge is 0.480 e. The summed E-state index contributed by atoms with van der Waals surface area (Å²) in [5.41, 5.74) is 0. The van der Waals surface area contributed by atoms with E-state index < -0.39 is 12.0 Å². The summed E-state index contributed by atoms with van der Waals surface area (Å²) in [5.74, 6) is -1.09. The molecule has 0 heterocycles. The summed E-state index contributed by atoms with van der Waals surface area (Å²) in [5, 5.41) is 9.14. The van der Waals surface area contributed by atoms with Crippen LogP contribution in [0, 0.1) is 0 Å². The minimum absolute atomic E-state index is 0.186. The van der Waals surface area contributed by atoms with Gasteiger partial charge in [0, 0.05) is 14.0 Å². The Hall–Kier alpha value is -1.06. The zero-order chi connectivity index (χ0) is 16.1. The van der Waals surface area contributed by atoms with E-state index in [9.17, 15) is 9.59 Å². The first-order valence-corrected chi connectivity index (χ1v) is 8.46. The molecule has 0 aromatic heterocycles. The topological polar surface area (TPSA) is 57.6 Å². The summed E-state index contributed by atoms with van der Waals surface area (Å²) in [6, 6.07) is -0.670. The number of hydrogen-bond acceptors (Lipinski definition) is 2. The maximum Gasteiger partial charge on any atom is 0.326 e. The van der Waals surface area contributed by atoms with Crippen LogP contribution < -0.4 is 0 Å². The summed E-state index contributed by atoms with van der Waals surface area (Å²) < 4.78 is 0. The van der Waals surface area contributed by atoms with Gasteiger partial charge in [-0.1, -0.05) is 71.1 Å². The van der Waals surface area contributed by atoms with Gasteiger partial charge in [0.05, 0.1) is 0 Å². The molecule has 0 radical (unpaired) electrons. The highest BCUT2D eigenvalue weighted by Crippen LogP contribution is 2.13. The van der Waals surface area contributed by atoms with Crippen molar-refractivity contribution in [3.8, 4) is 0 Å². The van der Waals surface area contributed by atoms with E-state index in [2.05, 4.69) is 6.92 Å². The Morgan fingerprint density at radius 2 is 1.33 bits per heavy atom. The molecule has 4 nitrogen and oxygen atoms in total. The van der Waals surface area contributed by atoms with Gasteiger partial charge >= 0.3 is 5.97 Å². The van der Waals surface area contributed by atoms with Crippen LogP contribution in [0.25, 0.3) is 0 Å². The predicted octanol–water partition coefficient (Wildman–Crippen LogP) is 4.23. The van der Waals surface area contributed by atoms with E-state index in [1.165, 1.54) is 63.2 Å². The highest BCUT2D eigenvalue weighted by atomic mass is 16.4. The second kappa shape index (κ2) is 12.7. The van der Waals surface area contributed by atoms with E-state index in [1.807, 2.05) is 0 Å². The molecular formula is C17H33NO3. The molecule has 0 saturated heterocycles. The van der Waals surface area contributed by atoms with Gasteiger partial charge in [-0.2, -0.15) is 0 Å². The summed E-state index contributed by atoms with van der Waals surface area (Å²) in [6.45, 7) is 3.64. The van der Waals surface area contributed by atoms with Crippen molar-refractivity contribution in [2.45, 2.75) is 90.5 Å². The molecule has 0 fully saturated rings. The van der Waals surface area contributed by atoms with Crippen LogP contribution in [0.3, 0.4) is 0 Å². The Labute approximate surface area is 129 Å². The molecule has 1 N–H and O–H groups in total. The van der Waals surface area contributed by atoms with E-state index in [1.54, 1.807) is 7.05 Å². The smallest absolute Gasteiger partial charge is 0.326 e. The molecule has 0 aliphatic rings. The standard InChI is InChI=1S/C17H33NO3/c1-4-5-6-7-8-9-10-11-12-13-14-16(17(20)21)18(3)15(2)19/h16H,4-14H2,1-3H3,(H,20,21). The van der Waals surface area contributed by atoms with Crippen LogP contribution in [0.4, 0.5) is 0 Å². The van der Waals surface area contributed by atoms with Crippen LogP contribution in [-0.4, -0.2) is 35.0 Å². The van der Waals surface area contributed by atoms with Crippen LogP contribution in [0.2, 0.25) is 0 Å². The van der Waals surface area contributed by atoms with E-state index in [4.69, 9.17) is 5.11 Å². The van der Waals surface area contributed by atoms with Gasteiger partial charge in [0.15, 0.2) is 0 Å². The number of amides is 1. The first-order chi connectivity index (χ1) is 10.0. The zero-order valence-corrected chi connectivity index (χ0v) is 14.1. The first-order valence-electron chi connectivity index (χ1n) is 8.46. The number of rotatable bonds is 13. The third-order valence-corrected chi connectivity index (χ3v) is 4.08. The van der Waals surface area contributed by atoms with E-state index in [-0.39, 0.29) is 5.91 Å². The van der Waals surface area contributed by atoms with Crippen molar-refractivity contribution in [2.24, 2.45) is 0 Å². The third-order valence-electron chi connectivity index (χ3n) is 4.08. The van der Waals surface area contributed by atoms with Gasteiger partial charge in [0.1, 0.15) is 6.04 Å². The quantitative estimate of drug-likeness (QED) is 0.518. The van der Waals surface area contributed by atoms with Gasteiger partial charge in [-0.25, -0.2) is 4.79 Å². The Kier molecular flexibility index (Phi) is 12.0. The summed E-state index contributed by atoms with van der Waals surface area (Å²) in [7, 11) is 1.57. The zero-order valence-electron chi connectivity index (χ0n) is 14.1. The number of carboxylic acids is 1. The first kappa shape index (κ1) is 19.9. The number of carbonyl (C=O) groups excluding carboxylic acids is 1. The van der Waals surface area contributed by atoms with Crippen LogP contribution in [0.1, 0.15) is 84.5 Å². The second-order valence-electron chi connectivity index (χ2n) is 5.95. The van der Waals surface area contributed by atoms with E-state index >= 15 is 0 Å². The minimum atomic E-state index is -0.899. The molecule has 21 heavy (non-hydrogen) atoms. The number of likely N-dealkylation sites (N-methyl/N-ethyl adjacent to an activating group) is 1. The molecule has 0 rings (SSSR count). The summed E-state index contributed by atoms with van der Waals surface area (Å²) >= 11 is 0. The molecule has 0 spiro atoms. The lowest BCUT2D eigenvalue weighted by Crippen LogP contribution is -2.41. The van der Waals surface area contributed by atoms with Gasteiger partial charge in [-0.05, 0) is 6.42 Å². The maximum atomic E-state index is 11.2. The molecule has 0 aromatic rings. The molecule has 0 aromatic carbocycles. The predicted molar refractivity (Wildman–Crippen MR) is 86.3 cm³/mol. The number of carbonyl (C=O) groups is 2. The van der Waals surface area contributed by atoms with Crippen molar-refractivity contribution in [3.63, 3.8) is 0 Å². The molecule has 0 aliphatic heterocycles. The fourth-order valence-corrected chi connectivity index (χ4v) is 2.53. The molecule has 1 unspecified atom stereocenters. The molecule has 1 amide bonds. The lowest BCUT2D eigenvalue weighted by Gasteiger charge is -2.23. The number of nitrogens with zero attached hydrogens (tertiary/aromatic N) is 1. The molecule has 124 valence electrons. The fraction of sp³-hybridized carbons (Fsp3) is 0.882. The van der Waals surface area contributed by atoms with Gasteiger partial charge in [0.2, 0.25) is 5.91 Å². The number of aliphatic carboxylic acids is 1. The van der Waals surface area contributed by atoms with Gasteiger partial charge < -0.3 is 10.0 Å². The summed E-state index contributed by atoms with van der Waals surface area (Å²) in [4.78, 5) is 23.7. The maximum absolute atomic E-state index is 11.2. The molecule has 0 bridgehead atoms. The third kappa shape index (κ3) is 10.3. The highest BCUT2D eigenvalue weighted by molar-refractivity contribution is 5.81. The van der Waals surface area contributed by atoms with Crippen LogP contribution in [0.5, 0.6) is 0 Å². The summed E-state index contributed by atoms with van der Waals surface area (Å²) in [6.07, 6.45) is 12.9. The van der Waals surface area contributed by atoms with Crippen molar-refractivity contribution >= 4 is 11.9 Å². The van der Waals surface area contributed by atoms with Crippen LogP contribution in [0.15, 0.2) is 0 Å². The van der Waals surface area contributed by atoms with Crippen molar-refractivity contribution in [1.29, 1.82) is 0 Å². The van der Waals surface area contributed by atoms with Crippen LogP contribution >= 0.6 is 0 Å². The number of hydrogen-bond donors (Lipinski definition) is 1. The van der Waals surface area contributed by atoms with Gasteiger partial charge in [-0.15, -0.1) is 0 Å². The lowest BCUT2D eigenvalue weighted by molar-refractivity contribution is -0.148. The fourth-order valence-electron chi connectivity index (χ4n) is 2.53. The molecule has 0 aliphatic carbocycles. The average molecular weight is 299 g/mol. The monoisotopic (exact) mass is 299 g/mol.